The molecule has 0 saturated carbocycles. The molecule has 0 unspecified atom stereocenters. The summed E-state index contributed by atoms with van der Waals surface area (Å²) in [5.74, 6) is 0.665. The minimum atomic E-state index is -0.246. The summed E-state index contributed by atoms with van der Waals surface area (Å²) < 4.78 is 13.8. The SMILES string of the molecule is Cc1cc2cccc(F)c2nc1N1CCNCC1. The zero-order valence-electron chi connectivity index (χ0n) is 10.4. The van der Waals surface area contributed by atoms with Crippen molar-refractivity contribution in [3.05, 3.63) is 35.6 Å². The van der Waals surface area contributed by atoms with E-state index in [-0.39, 0.29) is 5.82 Å². The number of para-hydroxylation sites is 1. The average Bonchev–Trinajstić information content (AvgIpc) is 2.39. The first-order valence-corrected chi connectivity index (χ1v) is 6.27. The molecule has 0 amide bonds. The molecule has 0 aliphatic carbocycles. The molecule has 3 rings (SSSR count). The van der Waals surface area contributed by atoms with Crippen LogP contribution in [0, 0.1) is 12.7 Å². The molecule has 0 bridgehead atoms. The van der Waals surface area contributed by atoms with E-state index >= 15 is 0 Å². The highest BCUT2D eigenvalue weighted by atomic mass is 19.1. The second-order valence-electron chi connectivity index (χ2n) is 4.68. The third-order valence-corrected chi connectivity index (χ3v) is 3.38. The van der Waals surface area contributed by atoms with E-state index in [2.05, 4.69) is 15.2 Å². The standard InChI is InChI=1S/C14H16FN3/c1-10-9-11-3-2-4-12(15)13(11)17-14(10)18-7-5-16-6-8-18/h2-4,9,16H,5-8H2,1H3. The Labute approximate surface area is 106 Å². The van der Waals surface area contributed by atoms with Gasteiger partial charge < -0.3 is 10.2 Å². The third-order valence-electron chi connectivity index (χ3n) is 3.38. The summed E-state index contributed by atoms with van der Waals surface area (Å²) in [6.45, 7) is 5.79. The van der Waals surface area contributed by atoms with Gasteiger partial charge in [0.15, 0.2) is 0 Å². The number of hydrogen-bond acceptors (Lipinski definition) is 3. The van der Waals surface area contributed by atoms with Gasteiger partial charge in [0, 0.05) is 31.6 Å². The van der Waals surface area contributed by atoms with Gasteiger partial charge in [0.05, 0.1) is 0 Å². The first kappa shape index (κ1) is 11.4. The third kappa shape index (κ3) is 1.93. The van der Waals surface area contributed by atoms with Crippen LogP contribution in [0.5, 0.6) is 0 Å². The predicted octanol–water partition coefficient (Wildman–Crippen LogP) is 2.09. The Bertz CT molecular complexity index is 577. The highest BCUT2D eigenvalue weighted by molar-refractivity contribution is 5.82. The van der Waals surface area contributed by atoms with Gasteiger partial charge in [0.1, 0.15) is 17.2 Å². The summed E-state index contributed by atoms with van der Waals surface area (Å²) in [5.41, 5.74) is 1.58. The number of nitrogens with zero attached hydrogens (tertiary/aromatic N) is 2. The number of hydrogen-bond donors (Lipinski definition) is 1. The summed E-state index contributed by atoms with van der Waals surface area (Å²) in [6.07, 6.45) is 0. The molecular weight excluding hydrogens is 229 g/mol. The molecule has 3 nitrogen and oxygen atoms in total. The van der Waals surface area contributed by atoms with E-state index in [1.807, 2.05) is 19.1 Å². The molecule has 0 spiro atoms. The van der Waals surface area contributed by atoms with Crippen molar-refractivity contribution in [1.29, 1.82) is 0 Å². The molecule has 4 heteroatoms. The van der Waals surface area contributed by atoms with Crippen LogP contribution in [-0.4, -0.2) is 31.2 Å². The molecule has 1 aliphatic rings. The lowest BCUT2D eigenvalue weighted by Gasteiger charge is -2.29. The van der Waals surface area contributed by atoms with Gasteiger partial charge in [-0.1, -0.05) is 12.1 Å². The average molecular weight is 245 g/mol. The van der Waals surface area contributed by atoms with Crippen LogP contribution in [-0.2, 0) is 0 Å². The van der Waals surface area contributed by atoms with Crippen LogP contribution in [0.1, 0.15) is 5.56 Å². The number of nitrogens with one attached hydrogen (secondary N) is 1. The smallest absolute Gasteiger partial charge is 0.149 e. The number of anilines is 1. The number of aryl methyl sites for hydroxylation is 1. The van der Waals surface area contributed by atoms with Gasteiger partial charge in [-0.15, -0.1) is 0 Å². The first-order chi connectivity index (χ1) is 8.75. The van der Waals surface area contributed by atoms with Gasteiger partial charge in [-0.2, -0.15) is 0 Å². The molecule has 0 radical (unpaired) electrons. The van der Waals surface area contributed by atoms with Crippen molar-refractivity contribution in [3.8, 4) is 0 Å². The largest absolute Gasteiger partial charge is 0.354 e. The summed E-state index contributed by atoms with van der Waals surface area (Å²) in [6, 6.07) is 7.11. The maximum Gasteiger partial charge on any atom is 0.149 e. The van der Waals surface area contributed by atoms with Crippen LogP contribution >= 0.6 is 0 Å². The van der Waals surface area contributed by atoms with Crippen molar-refractivity contribution in [2.45, 2.75) is 6.92 Å². The number of piperazine rings is 1. The Hall–Kier alpha value is -1.68. The van der Waals surface area contributed by atoms with E-state index in [4.69, 9.17) is 0 Å². The minimum Gasteiger partial charge on any atom is -0.354 e. The van der Waals surface area contributed by atoms with Crippen LogP contribution in [0.25, 0.3) is 10.9 Å². The van der Waals surface area contributed by atoms with Crippen LogP contribution in [0.4, 0.5) is 10.2 Å². The van der Waals surface area contributed by atoms with Crippen molar-refractivity contribution in [1.82, 2.24) is 10.3 Å². The lowest BCUT2D eigenvalue weighted by atomic mass is 10.1. The van der Waals surface area contributed by atoms with E-state index in [9.17, 15) is 4.39 Å². The molecule has 1 fully saturated rings. The van der Waals surface area contributed by atoms with Gasteiger partial charge in [-0.3, -0.25) is 0 Å². The van der Waals surface area contributed by atoms with E-state index < -0.39 is 0 Å². The summed E-state index contributed by atoms with van der Waals surface area (Å²) in [5, 5.41) is 4.18. The Morgan fingerprint density at radius 3 is 2.83 bits per heavy atom. The fourth-order valence-electron chi connectivity index (χ4n) is 2.46. The predicted molar refractivity (Wildman–Crippen MR) is 71.5 cm³/mol. The second-order valence-corrected chi connectivity index (χ2v) is 4.68. The van der Waals surface area contributed by atoms with Gasteiger partial charge in [0.2, 0.25) is 0 Å². The molecule has 2 heterocycles. The lowest BCUT2D eigenvalue weighted by Crippen LogP contribution is -2.44. The number of halogens is 1. The molecule has 1 aliphatic heterocycles. The van der Waals surface area contributed by atoms with E-state index in [0.29, 0.717) is 5.52 Å². The number of benzene rings is 1. The molecule has 94 valence electrons. The van der Waals surface area contributed by atoms with Crippen molar-refractivity contribution in [3.63, 3.8) is 0 Å². The van der Waals surface area contributed by atoms with Crippen LogP contribution in [0.15, 0.2) is 24.3 Å². The Morgan fingerprint density at radius 2 is 2.06 bits per heavy atom. The molecule has 1 aromatic heterocycles. The second kappa shape index (κ2) is 4.53. The maximum absolute atomic E-state index is 13.8. The Balaban J connectivity index is 2.11. The number of aromatic nitrogens is 1. The van der Waals surface area contributed by atoms with E-state index in [1.54, 1.807) is 6.07 Å². The van der Waals surface area contributed by atoms with Crippen molar-refractivity contribution in [2.24, 2.45) is 0 Å². The zero-order valence-corrected chi connectivity index (χ0v) is 10.4. The molecule has 1 saturated heterocycles. The maximum atomic E-state index is 13.8. The van der Waals surface area contributed by atoms with Gasteiger partial charge in [0.25, 0.3) is 0 Å². The number of rotatable bonds is 1. The molecule has 1 N–H and O–H groups in total. The molecule has 1 aromatic carbocycles. The normalized spacial score (nSPS) is 16.2. The summed E-state index contributed by atoms with van der Waals surface area (Å²) in [4.78, 5) is 6.74. The highest BCUT2D eigenvalue weighted by Crippen LogP contribution is 2.24. The summed E-state index contributed by atoms with van der Waals surface area (Å²) in [7, 11) is 0. The van der Waals surface area contributed by atoms with Crippen molar-refractivity contribution >= 4 is 16.7 Å². The molecule has 2 aromatic rings. The zero-order chi connectivity index (χ0) is 12.5. The van der Waals surface area contributed by atoms with Crippen molar-refractivity contribution in [2.75, 3.05) is 31.1 Å². The van der Waals surface area contributed by atoms with Crippen LogP contribution in [0.3, 0.4) is 0 Å². The van der Waals surface area contributed by atoms with E-state index in [1.165, 1.54) is 6.07 Å². The fourth-order valence-corrected chi connectivity index (χ4v) is 2.46. The highest BCUT2D eigenvalue weighted by Gasteiger charge is 2.15. The number of pyridine rings is 1. The van der Waals surface area contributed by atoms with Crippen molar-refractivity contribution < 1.29 is 4.39 Å². The Kier molecular flexibility index (Phi) is 2.88. The summed E-state index contributed by atoms with van der Waals surface area (Å²) >= 11 is 0. The van der Waals surface area contributed by atoms with Crippen LogP contribution < -0.4 is 10.2 Å². The first-order valence-electron chi connectivity index (χ1n) is 6.27. The van der Waals surface area contributed by atoms with Gasteiger partial charge >= 0.3 is 0 Å². The molecule has 18 heavy (non-hydrogen) atoms. The van der Waals surface area contributed by atoms with Gasteiger partial charge in [-0.05, 0) is 24.6 Å². The quantitative estimate of drug-likeness (QED) is 0.834. The number of fused-ring (bicyclic) bond motifs is 1. The lowest BCUT2D eigenvalue weighted by molar-refractivity contribution is 0.584. The fraction of sp³-hybridized carbons (Fsp3) is 0.357. The Morgan fingerprint density at radius 1 is 1.28 bits per heavy atom. The molecule has 0 atom stereocenters. The minimum absolute atomic E-state index is 0.246. The van der Waals surface area contributed by atoms with E-state index in [0.717, 1.165) is 42.9 Å². The van der Waals surface area contributed by atoms with Crippen LogP contribution in [0.2, 0.25) is 0 Å². The molecular formula is C14H16FN3. The monoisotopic (exact) mass is 245 g/mol. The van der Waals surface area contributed by atoms with Gasteiger partial charge in [-0.25, -0.2) is 9.37 Å². The topological polar surface area (TPSA) is 28.2 Å².